The van der Waals surface area contributed by atoms with Gasteiger partial charge in [-0.15, -0.1) is 0 Å². The number of thioether (sulfide) groups is 1. The van der Waals surface area contributed by atoms with E-state index in [1.54, 1.807) is 0 Å². The van der Waals surface area contributed by atoms with Crippen LogP contribution in [0.5, 0.6) is 0 Å². The highest BCUT2D eigenvalue weighted by atomic mass is 32.2. The molecule has 0 aliphatic carbocycles. The third-order valence-electron chi connectivity index (χ3n) is 7.25. The minimum atomic E-state index is -0.0107. The van der Waals surface area contributed by atoms with Crippen LogP contribution in [0, 0.1) is 13.8 Å². The Kier molecular flexibility index (Phi) is 6.38. The van der Waals surface area contributed by atoms with Crippen LogP contribution in [0.4, 0.5) is 11.4 Å². The van der Waals surface area contributed by atoms with E-state index in [1.807, 2.05) is 76.5 Å². The first-order valence-corrected chi connectivity index (χ1v) is 13.7. The van der Waals surface area contributed by atoms with Gasteiger partial charge in [-0.1, -0.05) is 78.0 Å². The Hall–Kier alpha value is -4.09. The Morgan fingerprint density at radius 3 is 2.45 bits per heavy atom. The van der Waals surface area contributed by atoms with E-state index < -0.39 is 0 Å². The molecular formula is C33H28N2O2S. The van der Waals surface area contributed by atoms with Crippen LogP contribution >= 0.6 is 11.8 Å². The van der Waals surface area contributed by atoms with Crippen molar-refractivity contribution in [2.45, 2.75) is 31.7 Å². The fourth-order valence-electron chi connectivity index (χ4n) is 5.14. The number of fused-ring (bicyclic) bond motifs is 2. The Morgan fingerprint density at radius 1 is 0.895 bits per heavy atom. The van der Waals surface area contributed by atoms with E-state index in [1.165, 1.54) is 28.5 Å². The molecule has 5 heteroatoms. The van der Waals surface area contributed by atoms with Crippen molar-refractivity contribution in [3.05, 3.63) is 129 Å². The number of carbonyl (C=O) groups excluding carboxylic acids is 2. The SMILES string of the molecule is Cc1ccc(C)c(CN2C(=O)/C(=C/c3ccc(C(=O)N4CCc5ccccc54)cc3)Sc3ccccc32)c1. The van der Waals surface area contributed by atoms with Crippen molar-refractivity contribution in [1.82, 2.24) is 0 Å². The van der Waals surface area contributed by atoms with E-state index >= 15 is 0 Å². The van der Waals surface area contributed by atoms with E-state index in [0.29, 0.717) is 23.6 Å². The Bertz CT molecular complexity index is 1590. The molecule has 0 saturated heterocycles. The van der Waals surface area contributed by atoms with Crippen molar-refractivity contribution in [3.63, 3.8) is 0 Å². The highest BCUT2D eigenvalue weighted by Crippen LogP contribution is 2.43. The van der Waals surface area contributed by atoms with Gasteiger partial charge in [0.25, 0.3) is 11.8 Å². The summed E-state index contributed by atoms with van der Waals surface area (Å²) in [4.78, 5) is 32.4. The van der Waals surface area contributed by atoms with E-state index in [0.717, 1.165) is 33.8 Å². The molecule has 0 unspecified atom stereocenters. The first kappa shape index (κ1) is 24.3. The third kappa shape index (κ3) is 4.54. The molecule has 4 aromatic carbocycles. The molecule has 0 atom stereocenters. The predicted octanol–water partition coefficient (Wildman–Crippen LogP) is 7.19. The lowest BCUT2D eigenvalue weighted by Gasteiger charge is -2.31. The first-order chi connectivity index (χ1) is 18.5. The van der Waals surface area contributed by atoms with Gasteiger partial charge >= 0.3 is 0 Å². The quantitative estimate of drug-likeness (QED) is 0.270. The van der Waals surface area contributed by atoms with Gasteiger partial charge in [-0.3, -0.25) is 9.59 Å². The van der Waals surface area contributed by atoms with Gasteiger partial charge in [-0.2, -0.15) is 0 Å². The van der Waals surface area contributed by atoms with E-state index in [-0.39, 0.29) is 11.8 Å². The summed E-state index contributed by atoms with van der Waals surface area (Å²) in [6.07, 6.45) is 2.81. The number of aryl methyl sites for hydroxylation is 2. The number of hydrogen-bond donors (Lipinski definition) is 0. The molecule has 4 aromatic rings. The van der Waals surface area contributed by atoms with Crippen molar-refractivity contribution in [2.24, 2.45) is 0 Å². The summed E-state index contributed by atoms with van der Waals surface area (Å²) in [5.41, 5.74) is 8.18. The molecule has 0 N–H and O–H groups in total. The van der Waals surface area contributed by atoms with E-state index in [2.05, 4.69) is 44.2 Å². The van der Waals surface area contributed by atoms with Gasteiger partial charge in [-0.05, 0) is 78.9 Å². The molecule has 0 spiro atoms. The zero-order valence-electron chi connectivity index (χ0n) is 21.5. The van der Waals surface area contributed by atoms with Gasteiger partial charge in [0.05, 0.1) is 17.1 Å². The van der Waals surface area contributed by atoms with Gasteiger partial charge in [0.2, 0.25) is 0 Å². The third-order valence-corrected chi connectivity index (χ3v) is 8.33. The van der Waals surface area contributed by atoms with E-state index in [9.17, 15) is 9.59 Å². The molecule has 0 radical (unpaired) electrons. The number of carbonyl (C=O) groups is 2. The number of rotatable bonds is 4. The van der Waals surface area contributed by atoms with Crippen LogP contribution < -0.4 is 9.80 Å². The van der Waals surface area contributed by atoms with Crippen molar-refractivity contribution in [2.75, 3.05) is 16.3 Å². The average Bonchev–Trinajstić information content (AvgIpc) is 3.37. The molecule has 2 heterocycles. The molecule has 0 saturated carbocycles. The van der Waals surface area contributed by atoms with Gasteiger partial charge in [-0.25, -0.2) is 0 Å². The molecule has 2 aliphatic heterocycles. The zero-order chi connectivity index (χ0) is 26.2. The molecule has 188 valence electrons. The lowest BCUT2D eigenvalue weighted by molar-refractivity contribution is -0.114. The van der Waals surface area contributed by atoms with Crippen molar-refractivity contribution >= 4 is 41.0 Å². The molecule has 0 fully saturated rings. The fraction of sp³-hybridized carbons (Fsp3) is 0.152. The van der Waals surface area contributed by atoms with Crippen LogP contribution in [0.15, 0.2) is 101 Å². The number of amides is 2. The molecule has 0 aromatic heterocycles. The van der Waals surface area contributed by atoms with Gasteiger partial charge in [0.1, 0.15) is 0 Å². The minimum absolute atomic E-state index is 0.00546. The molecule has 0 bridgehead atoms. The Balaban J connectivity index is 1.27. The number of anilines is 2. The molecule has 4 nitrogen and oxygen atoms in total. The van der Waals surface area contributed by atoms with Crippen molar-refractivity contribution < 1.29 is 9.59 Å². The van der Waals surface area contributed by atoms with Crippen LogP contribution in [0.1, 0.15) is 38.2 Å². The van der Waals surface area contributed by atoms with Crippen molar-refractivity contribution in [3.8, 4) is 0 Å². The topological polar surface area (TPSA) is 40.6 Å². The van der Waals surface area contributed by atoms with Crippen LogP contribution in [0.2, 0.25) is 0 Å². The van der Waals surface area contributed by atoms with Gasteiger partial charge < -0.3 is 9.80 Å². The maximum atomic E-state index is 13.7. The highest BCUT2D eigenvalue weighted by Gasteiger charge is 2.30. The molecule has 2 amide bonds. The maximum absolute atomic E-state index is 13.7. The Morgan fingerprint density at radius 2 is 1.63 bits per heavy atom. The fourth-order valence-corrected chi connectivity index (χ4v) is 6.20. The number of hydrogen-bond acceptors (Lipinski definition) is 3. The molecule has 38 heavy (non-hydrogen) atoms. The second kappa shape index (κ2) is 9.99. The minimum Gasteiger partial charge on any atom is -0.308 e. The summed E-state index contributed by atoms with van der Waals surface area (Å²) in [6.45, 7) is 5.38. The summed E-state index contributed by atoms with van der Waals surface area (Å²) >= 11 is 1.50. The second-order valence-corrected chi connectivity index (χ2v) is 10.9. The van der Waals surface area contributed by atoms with Gasteiger partial charge in [0, 0.05) is 22.7 Å². The summed E-state index contributed by atoms with van der Waals surface area (Å²) < 4.78 is 0. The van der Waals surface area contributed by atoms with Crippen LogP contribution in [-0.4, -0.2) is 18.4 Å². The predicted molar refractivity (Wildman–Crippen MR) is 156 cm³/mol. The standard InChI is InChI=1S/C33H28N2O2S/c1-22-11-12-23(2)27(19-22)21-35-29-9-5-6-10-30(29)38-31(33(35)37)20-24-13-15-26(16-14-24)32(36)34-18-17-25-7-3-4-8-28(25)34/h3-16,19-20H,17-18,21H2,1-2H3/b31-20-. The number of benzene rings is 4. The van der Waals surface area contributed by atoms with Gasteiger partial charge in [0.15, 0.2) is 0 Å². The number of nitrogens with zero attached hydrogens (tertiary/aromatic N) is 2. The largest absolute Gasteiger partial charge is 0.308 e. The smallest absolute Gasteiger partial charge is 0.265 e. The zero-order valence-corrected chi connectivity index (χ0v) is 22.3. The molecular weight excluding hydrogens is 488 g/mol. The lowest BCUT2D eigenvalue weighted by Crippen LogP contribution is -2.34. The summed E-state index contributed by atoms with van der Waals surface area (Å²) in [7, 11) is 0. The average molecular weight is 517 g/mol. The molecule has 6 rings (SSSR count). The first-order valence-electron chi connectivity index (χ1n) is 12.8. The summed E-state index contributed by atoms with van der Waals surface area (Å²) in [5.74, 6) is -0.00525. The highest BCUT2D eigenvalue weighted by molar-refractivity contribution is 8.04. The Labute approximate surface area is 227 Å². The van der Waals surface area contributed by atoms with Crippen LogP contribution in [-0.2, 0) is 17.8 Å². The van der Waals surface area contributed by atoms with E-state index in [4.69, 9.17) is 0 Å². The summed E-state index contributed by atoms with van der Waals surface area (Å²) in [5, 5.41) is 0. The maximum Gasteiger partial charge on any atom is 0.265 e. The van der Waals surface area contributed by atoms with Crippen LogP contribution in [0.3, 0.4) is 0 Å². The normalized spacial score (nSPS) is 15.5. The second-order valence-electron chi connectivity index (χ2n) is 9.86. The lowest BCUT2D eigenvalue weighted by atomic mass is 10.0. The van der Waals surface area contributed by atoms with Crippen LogP contribution in [0.25, 0.3) is 6.08 Å². The molecule has 2 aliphatic rings. The number of para-hydroxylation sites is 2. The summed E-state index contributed by atoms with van der Waals surface area (Å²) in [6, 6.07) is 30.1. The van der Waals surface area contributed by atoms with Crippen molar-refractivity contribution in [1.29, 1.82) is 0 Å². The monoisotopic (exact) mass is 516 g/mol.